The molecule has 220 valence electrons. The predicted molar refractivity (Wildman–Crippen MR) is 160 cm³/mol. The van der Waals surface area contributed by atoms with Crippen LogP contribution in [0.1, 0.15) is 63.0 Å². The number of hydroxylamine groups is 1. The van der Waals surface area contributed by atoms with E-state index < -0.39 is 5.97 Å². The SMILES string of the molecule is C=CCN(N=NC/C=C\C)OCCCC(=O)N1CCN(c2nc(C(=O)OCC)nc3sc(CC)cc23)CC1.CC. The summed E-state index contributed by atoms with van der Waals surface area (Å²) in [7, 11) is 0. The van der Waals surface area contributed by atoms with E-state index in [-0.39, 0.29) is 18.3 Å². The normalized spacial score (nSPS) is 13.5. The van der Waals surface area contributed by atoms with Crippen molar-refractivity contribution in [3.8, 4) is 0 Å². The topological polar surface area (TPSA) is 113 Å². The van der Waals surface area contributed by atoms with Crippen LogP contribution in [0.25, 0.3) is 10.2 Å². The average Bonchev–Trinajstić information content (AvgIpc) is 3.41. The minimum atomic E-state index is -0.524. The van der Waals surface area contributed by atoms with Crippen LogP contribution in [0.15, 0.2) is 41.2 Å². The molecule has 40 heavy (non-hydrogen) atoms. The zero-order valence-corrected chi connectivity index (χ0v) is 25.3. The smallest absolute Gasteiger partial charge is 0.376 e. The van der Waals surface area contributed by atoms with Crippen molar-refractivity contribution in [2.45, 2.75) is 53.9 Å². The largest absolute Gasteiger partial charge is 0.460 e. The van der Waals surface area contributed by atoms with Crippen LogP contribution < -0.4 is 4.90 Å². The fourth-order valence-electron chi connectivity index (χ4n) is 3.86. The van der Waals surface area contributed by atoms with E-state index in [0.29, 0.717) is 58.7 Å². The van der Waals surface area contributed by atoms with Gasteiger partial charge >= 0.3 is 5.97 Å². The van der Waals surface area contributed by atoms with Crippen LogP contribution >= 0.6 is 11.3 Å². The summed E-state index contributed by atoms with van der Waals surface area (Å²) in [6.07, 6.45) is 7.31. The molecule has 2 aromatic rings. The fraction of sp³-hybridized carbons (Fsp3) is 0.571. The zero-order valence-electron chi connectivity index (χ0n) is 24.5. The third-order valence-electron chi connectivity index (χ3n) is 5.81. The van der Waals surface area contributed by atoms with Gasteiger partial charge in [0.1, 0.15) is 10.6 Å². The third kappa shape index (κ3) is 9.67. The quantitative estimate of drug-likeness (QED) is 0.0990. The number of rotatable bonds is 14. The van der Waals surface area contributed by atoms with E-state index in [4.69, 9.17) is 9.57 Å². The van der Waals surface area contributed by atoms with Gasteiger partial charge in [-0.3, -0.25) is 9.63 Å². The van der Waals surface area contributed by atoms with Crippen molar-refractivity contribution in [3.05, 3.63) is 41.6 Å². The van der Waals surface area contributed by atoms with Crippen molar-refractivity contribution in [2.24, 2.45) is 10.3 Å². The summed E-state index contributed by atoms with van der Waals surface area (Å²) in [6, 6.07) is 2.09. The van der Waals surface area contributed by atoms with Gasteiger partial charge < -0.3 is 14.5 Å². The van der Waals surface area contributed by atoms with E-state index in [1.54, 1.807) is 24.3 Å². The van der Waals surface area contributed by atoms with Gasteiger partial charge in [-0.15, -0.1) is 17.9 Å². The summed E-state index contributed by atoms with van der Waals surface area (Å²) in [5.41, 5.74) is 0. The van der Waals surface area contributed by atoms with Crippen LogP contribution in [0.3, 0.4) is 0 Å². The summed E-state index contributed by atoms with van der Waals surface area (Å²) in [5, 5.41) is 10.4. The maximum Gasteiger partial charge on any atom is 0.376 e. The van der Waals surface area contributed by atoms with Crippen LogP contribution in [0.2, 0.25) is 0 Å². The van der Waals surface area contributed by atoms with Crippen LogP contribution in [0, 0.1) is 0 Å². The van der Waals surface area contributed by atoms with Crippen LogP contribution in [-0.2, 0) is 20.8 Å². The Bertz CT molecular complexity index is 1140. The van der Waals surface area contributed by atoms with Gasteiger partial charge in [-0.05, 0) is 38.0 Å². The van der Waals surface area contributed by atoms with Crippen molar-refractivity contribution >= 4 is 39.2 Å². The Balaban J connectivity index is 0.00000274. The highest BCUT2D eigenvalue weighted by atomic mass is 32.1. The lowest BCUT2D eigenvalue weighted by Gasteiger charge is -2.35. The van der Waals surface area contributed by atoms with Gasteiger partial charge in [-0.1, -0.05) is 39.0 Å². The Morgan fingerprint density at radius 2 is 1.95 bits per heavy atom. The molecular weight excluding hydrogens is 530 g/mol. The van der Waals surface area contributed by atoms with Crippen LogP contribution in [0.5, 0.6) is 0 Å². The van der Waals surface area contributed by atoms with Crippen LogP contribution in [-0.4, -0.2) is 84.4 Å². The second-order valence-electron chi connectivity index (χ2n) is 8.49. The molecule has 12 heteroatoms. The lowest BCUT2D eigenvalue weighted by atomic mass is 10.2. The van der Waals surface area contributed by atoms with Gasteiger partial charge in [-0.2, -0.15) is 10.3 Å². The number of piperazine rings is 1. The summed E-state index contributed by atoms with van der Waals surface area (Å²) < 4.78 is 5.14. The molecule has 1 aliphatic rings. The number of aromatic nitrogens is 2. The Labute approximate surface area is 241 Å². The zero-order chi connectivity index (χ0) is 29.3. The van der Waals surface area contributed by atoms with E-state index in [9.17, 15) is 9.59 Å². The number of hydrogen-bond acceptors (Lipinski definition) is 10. The molecule has 0 atom stereocenters. The number of thiophene rings is 1. The lowest BCUT2D eigenvalue weighted by Crippen LogP contribution is -2.49. The number of ether oxygens (including phenoxy) is 1. The molecule has 0 radical (unpaired) electrons. The standard InChI is InChI=1S/C26H37N7O4S.C2H6/c1-5-9-12-27-30-33(13-6-2)37-18-10-11-22(34)31-14-16-32(17-15-31)24-21-19-20(7-3)38-25(21)29-23(28-24)26(35)36-8-4;1-2/h5-6,9,19H,2,7-8,10-18H2,1,3-4H3;1-2H3/b9-5-,30-27?;. The number of allylic oxidation sites excluding steroid dienone is 1. The number of fused-ring (bicyclic) bond motifs is 1. The fourth-order valence-corrected chi connectivity index (χ4v) is 4.82. The Morgan fingerprint density at radius 1 is 1.20 bits per heavy atom. The Morgan fingerprint density at radius 3 is 2.60 bits per heavy atom. The summed E-state index contributed by atoms with van der Waals surface area (Å²) in [5.74, 6) is 0.357. The van der Waals surface area contributed by atoms with E-state index in [1.165, 1.54) is 10.0 Å². The highest BCUT2D eigenvalue weighted by molar-refractivity contribution is 7.18. The molecule has 1 fully saturated rings. The summed E-state index contributed by atoms with van der Waals surface area (Å²) in [4.78, 5) is 45.8. The summed E-state index contributed by atoms with van der Waals surface area (Å²) in [6.45, 7) is 17.4. The first-order chi connectivity index (χ1) is 19.5. The number of anilines is 1. The number of aryl methyl sites for hydroxylation is 1. The maximum absolute atomic E-state index is 12.8. The molecule has 3 heterocycles. The second-order valence-corrected chi connectivity index (χ2v) is 9.60. The molecule has 0 bridgehead atoms. The lowest BCUT2D eigenvalue weighted by molar-refractivity contribution is -0.160. The maximum atomic E-state index is 12.8. The van der Waals surface area contributed by atoms with Crippen LogP contribution in [0.4, 0.5) is 5.82 Å². The molecular formula is C28H43N7O4S. The van der Waals surface area contributed by atoms with E-state index in [0.717, 1.165) is 22.5 Å². The van der Waals surface area contributed by atoms with E-state index in [1.807, 2.05) is 37.8 Å². The predicted octanol–water partition coefficient (Wildman–Crippen LogP) is 5.25. The molecule has 1 aliphatic heterocycles. The summed E-state index contributed by atoms with van der Waals surface area (Å²) >= 11 is 1.57. The molecule has 0 saturated carbocycles. The number of hydrogen-bond donors (Lipinski definition) is 0. The van der Waals surface area contributed by atoms with Gasteiger partial charge in [0.15, 0.2) is 0 Å². The van der Waals surface area contributed by atoms with Gasteiger partial charge in [-0.25, -0.2) is 14.8 Å². The minimum Gasteiger partial charge on any atom is -0.460 e. The average molecular weight is 574 g/mol. The minimum absolute atomic E-state index is 0.0734. The Kier molecular flexibility index (Phi) is 14.8. The van der Waals surface area contributed by atoms with Crippen molar-refractivity contribution in [2.75, 3.05) is 57.4 Å². The van der Waals surface area contributed by atoms with Crippen molar-refractivity contribution < 1.29 is 19.2 Å². The molecule has 0 aliphatic carbocycles. The molecule has 1 amide bonds. The number of carbonyl (C=O) groups excluding carboxylic acids is 2. The van der Waals surface area contributed by atoms with Gasteiger partial charge in [0, 0.05) is 37.5 Å². The molecule has 0 spiro atoms. The monoisotopic (exact) mass is 573 g/mol. The highest BCUT2D eigenvalue weighted by Gasteiger charge is 2.25. The molecule has 1 saturated heterocycles. The highest BCUT2D eigenvalue weighted by Crippen LogP contribution is 2.32. The van der Waals surface area contributed by atoms with Crippen molar-refractivity contribution in [1.29, 1.82) is 0 Å². The number of carbonyl (C=O) groups is 2. The van der Waals surface area contributed by atoms with Gasteiger partial charge in [0.05, 0.1) is 31.7 Å². The van der Waals surface area contributed by atoms with E-state index in [2.05, 4.69) is 44.8 Å². The first-order valence-electron chi connectivity index (χ1n) is 14.0. The first kappa shape index (κ1) is 32.8. The molecule has 11 nitrogen and oxygen atoms in total. The van der Waals surface area contributed by atoms with Crippen molar-refractivity contribution in [3.63, 3.8) is 0 Å². The van der Waals surface area contributed by atoms with Gasteiger partial charge in [0.2, 0.25) is 11.7 Å². The molecule has 3 rings (SSSR count). The third-order valence-corrected chi connectivity index (χ3v) is 6.98. The molecule has 0 N–H and O–H groups in total. The second kappa shape index (κ2) is 18.1. The number of esters is 1. The number of nitrogens with zero attached hydrogens (tertiary/aromatic N) is 7. The van der Waals surface area contributed by atoms with Gasteiger partial charge in [0.25, 0.3) is 0 Å². The molecule has 0 aromatic carbocycles. The van der Waals surface area contributed by atoms with Crippen molar-refractivity contribution in [1.82, 2.24) is 20.0 Å². The first-order valence-corrected chi connectivity index (χ1v) is 14.8. The Hall–Kier alpha value is -3.38. The molecule has 0 unspecified atom stereocenters. The van der Waals surface area contributed by atoms with E-state index >= 15 is 0 Å². The molecule has 2 aromatic heterocycles. The number of amides is 1.